The molecule has 0 amide bonds. The molecule has 2 fully saturated rings. The van der Waals surface area contributed by atoms with Gasteiger partial charge in [0.05, 0.1) is 19.3 Å². The number of hydrogen-bond donors (Lipinski definition) is 1. The molecular weight excluding hydrogens is 608 g/mol. The fourth-order valence-corrected chi connectivity index (χ4v) is 6.84. The molecule has 1 heterocycles. The number of aryl methyl sites for hydroxylation is 3. The average Bonchev–Trinajstić information content (AvgIpc) is 3.03. The number of ether oxygens (including phenoxy) is 4. The van der Waals surface area contributed by atoms with Gasteiger partial charge in [-0.3, -0.25) is 9.80 Å². The molecule has 2 aromatic rings. The fraction of sp³-hybridized carbons (Fsp3) is 0.590. The minimum absolute atomic E-state index is 0.0123. The summed E-state index contributed by atoms with van der Waals surface area (Å²) in [6.45, 7) is 18.7. The largest absolute Gasteiger partial charge is 0.492 e. The van der Waals surface area contributed by atoms with Gasteiger partial charge in [-0.1, -0.05) is 48.0 Å². The van der Waals surface area contributed by atoms with Gasteiger partial charge in [0.15, 0.2) is 0 Å². The Balaban J connectivity index is 1.26. The molecule has 1 aliphatic heterocycles. The highest BCUT2D eigenvalue weighted by atomic mass is 16.6. The molecule has 0 atom stereocenters. The van der Waals surface area contributed by atoms with Crippen molar-refractivity contribution in [2.24, 2.45) is 5.92 Å². The smallest absolute Gasteiger partial charge is 0.339 e. The molecule has 1 aliphatic carbocycles. The van der Waals surface area contributed by atoms with Crippen LogP contribution in [0.15, 0.2) is 48.2 Å². The zero-order valence-electron chi connectivity index (χ0n) is 29.9. The van der Waals surface area contributed by atoms with Crippen LogP contribution in [0.25, 0.3) is 5.57 Å². The topological polar surface area (TPSA) is 97.8 Å². The summed E-state index contributed by atoms with van der Waals surface area (Å²) in [5.41, 5.74) is 4.60. The molecule has 0 radical (unpaired) electrons. The number of carboxylic acids is 1. The predicted molar refractivity (Wildman–Crippen MR) is 188 cm³/mol. The molecule has 1 saturated heterocycles. The van der Waals surface area contributed by atoms with E-state index >= 15 is 0 Å². The number of piperazine rings is 1. The Bertz CT molecular complexity index is 1350. The second-order valence-corrected chi connectivity index (χ2v) is 14.3. The molecule has 0 aromatic heterocycles. The van der Waals surface area contributed by atoms with Crippen LogP contribution in [0.1, 0.15) is 74.3 Å². The molecule has 0 bridgehead atoms. The van der Waals surface area contributed by atoms with Crippen molar-refractivity contribution in [1.29, 1.82) is 0 Å². The van der Waals surface area contributed by atoms with Crippen LogP contribution in [0.2, 0.25) is 0 Å². The number of carbonyl (C=O) groups excluding carboxylic acids is 1. The third kappa shape index (κ3) is 11.7. The van der Waals surface area contributed by atoms with Crippen molar-refractivity contribution in [2.45, 2.75) is 85.5 Å². The lowest BCUT2D eigenvalue weighted by atomic mass is 9.82. The standard InChI is InChI=1S/C39H56N2O7/c1-28-24-29(2)35(30(3)25-28)36(38(43)44)37(47-26-31-10-8-7-9-11-31)32-12-14-33(15-13-32)46-23-21-41-18-16-40(17-19-41)20-22-45-27-34(42)48-39(4,5)6/h7-11,24-25,32-33H,12-23,26-27H2,1-6H3,(H,43,44)/b37-36+/t32-,33+. The minimum atomic E-state index is -0.945. The molecule has 1 N–H and O–H groups in total. The van der Waals surface area contributed by atoms with Crippen LogP contribution in [-0.2, 0) is 35.1 Å². The van der Waals surface area contributed by atoms with Gasteiger partial charge in [-0.05, 0) is 89.5 Å². The van der Waals surface area contributed by atoms with Gasteiger partial charge < -0.3 is 24.1 Å². The molecule has 48 heavy (non-hydrogen) atoms. The number of carbonyl (C=O) groups is 2. The van der Waals surface area contributed by atoms with Crippen LogP contribution in [0.3, 0.4) is 0 Å². The summed E-state index contributed by atoms with van der Waals surface area (Å²) in [5, 5.41) is 10.6. The Morgan fingerprint density at radius 1 is 0.854 bits per heavy atom. The number of esters is 1. The lowest BCUT2D eigenvalue weighted by Crippen LogP contribution is -2.48. The molecule has 1 saturated carbocycles. The Morgan fingerprint density at radius 3 is 2.00 bits per heavy atom. The Labute approximate surface area is 287 Å². The number of hydrogen-bond acceptors (Lipinski definition) is 8. The highest BCUT2D eigenvalue weighted by molar-refractivity contribution is 6.17. The van der Waals surface area contributed by atoms with Crippen molar-refractivity contribution in [3.8, 4) is 0 Å². The second kappa shape index (κ2) is 18.0. The van der Waals surface area contributed by atoms with Crippen molar-refractivity contribution in [3.63, 3.8) is 0 Å². The molecule has 2 aromatic carbocycles. The van der Waals surface area contributed by atoms with Crippen molar-refractivity contribution in [3.05, 3.63) is 76.0 Å². The summed E-state index contributed by atoms with van der Waals surface area (Å²) in [4.78, 5) is 29.5. The van der Waals surface area contributed by atoms with Gasteiger partial charge >= 0.3 is 11.9 Å². The van der Waals surface area contributed by atoms with Crippen LogP contribution in [-0.4, -0.2) is 97.6 Å². The van der Waals surface area contributed by atoms with E-state index in [1.807, 2.05) is 84.0 Å². The van der Waals surface area contributed by atoms with E-state index in [1.165, 1.54) is 0 Å². The van der Waals surface area contributed by atoms with Gasteiger partial charge in [-0.25, -0.2) is 9.59 Å². The first-order chi connectivity index (χ1) is 22.9. The van der Waals surface area contributed by atoms with Crippen LogP contribution >= 0.6 is 0 Å². The molecule has 0 spiro atoms. The molecule has 0 unspecified atom stereocenters. The van der Waals surface area contributed by atoms with Gasteiger partial charge in [0, 0.05) is 45.2 Å². The van der Waals surface area contributed by atoms with Crippen molar-refractivity contribution >= 4 is 17.5 Å². The first kappa shape index (κ1) is 37.6. The van der Waals surface area contributed by atoms with Crippen molar-refractivity contribution in [1.82, 2.24) is 9.80 Å². The summed E-state index contributed by atoms with van der Waals surface area (Å²) in [6, 6.07) is 14.0. The maximum atomic E-state index is 12.9. The Hall–Kier alpha value is -3.24. The van der Waals surface area contributed by atoms with E-state index in [0.29, 0.717) is 31.2 Å². The van der Waals surface area contributed by atoms with Crippen molar-refractivity contribution < 1.29 is 33.6 Å². The SMILES string of the molecule is Cc1cc(C)c(/C(C(=O)O)=C(\OCc2ccccc2)[C@H]2CC[C@@H](OCCN3CCN(CCOCC(=O)OC(C)(C)C)CC3)CC2)c(C)c1. The zero-order valence-corrected chi connectivity index (χ0v) is 29.9. The maximum Gasteiger partial charge on any atom is 0.339 e. The van der Waals surface area contributed by atoms with Crippen molar-refractivity contribution in [2.75, 3.05) is 59.1 Å². The first-order valence-electron chi connectivity index (χ1n) is 17.5. The van der Waals surface area contributed by atoms with E-state index in [0.717, 1.165) is 92.8 Å². The lowest BCUT2D eigenvalue weighted by molar-refractivity contribution is -0.160. The summed E-state index contributed by atoms with van der Waals surface area (Å²) in [7, 11) is 0. The number of rotatable bonds is 15. The molecule has 9 nitrogen and oxygen atoms in total. The Morgan fingerprint density at radius 2 is 1.44 bits per heavy atom. The number of nitrogens with zero attached hydrogens (tertiary/aromatic N) is 2. The molecule has 4 rings (SSSR count). The molecule has 264 valence electrons. The predicted octanol–water partition coefficient (Wildman–Crippen LogP) is 6.18. The lowest BCUT2D eigenvalue weighted by Gasteiger charge is -2.35. The minimum Gasteiger partial charge on any atom is -0.492 e. The number of carboxylic acid groups (broad SMARTS) is 1. The van der Waals surface area contributed by atoms with Gasteiger partial charge in [0.25, 0.3) is 0 Å². The Kier molecular flexibility index (Phi) is 14.1. The first-order valence-corrected chi connectivity index (χ1v) is 17.5. The normalized spacial score (nSPS) is 19.9. The van der Waals surface area contributed by atoms with Gasteiger partial charge in [-0.15, -0.1) is 0 Å². The monoisotopic (exact) mass is 664 g/mol. The van der Waals surface area contributed by atoms with Crippen LogP contribution in [0, 0.1) is 26.7 Å². The van der Waals surface area contributed by atoms with E-state index in [-0.39, 0.29) is 24.6 Å². The quantitative estimate of drug-likeness (QED) is 0.104. The van der Waals surface area contributed by atoms with E-state index in [4.69, 9.17) is 18.9 Å². The number of benzene rings is 2. The third-order valence-corrected chi connectivity index (χ3v) is 9.09. The van der Waals surface area contributed by atoms with E-state index in [2.05, 4.69) is 9.80 Å². The fourth-order valence-electron chi connectivity index (χ4n) is 6.84. The average molecular weight is 665 g/mol. The van der Waals surface area contributed by atoms with Gasteiger partial charge in [-0.2, -0.15) is 0 Å². The van der Waals surface area contributed by atoms with E-state index in [9.17, 15) is 14.7 Å². The summed E-state index contributed by atoms with van der Waals surface area (Å²) < 4.78 is 23.6. The van der Waals surface area contributed by atoms with Crippen LogP contribution in [0.4, 0.5) is 0 Å². The third-order valence-electron chi connectivity index (χ3n) is 9.09. The highest BCUT2D eigenvalue weighted by Gasteiger charge is 2.32. The number of allylic oxidation sites excluding steroid dienone is 1. The van der Waals surface area contributed by atoms with Gasteiger partial charge in [0.1, 0.15) is 30.1 Å². The van der Waals surface area contributed by atoms with Crippen LogP contribution < -0.4 is 0 Å². The van der Waals surface area contributed by atoms with Gasteiger partial charge in [0.2, 0.25) is 0 Å². The zero-order chi connectivity index (χ0) is 34.7. The summed E-state index contributed by atoms with van der Waals surface area (Å²) in [6.07, 6.45) is 3.56. The van der Waals surface area contributed by atoms with Crippen LogP contribution in [0.5, 0.6) is 0 Å². The highest BCUT2D eigenvalue weighted by Crippen LogP contribution is 2.38. The second-order valence-electron chi connectivity index (χ2n) is 14.3. The summed E-state index contributed by atoms with van der Waals surface area (Å²) in [5.74, 6) is -0.666. The molecule has 9 heteroatoms. The molecular formula is C39H56N2O7. The van der Waals surface area contributed by atoms with E-state index in [1.54, 1.807) is 0 Å². The number of aliphatic carboxylic acids is 1. The maximum absolute atomic E-state index is 12.9. The van der Waals surface area contributed by atoms with E-state index < -0.39 is 11.6 Å². The summed E-state index contributed by atoms with van der Waals surface area (Å²) >= 11 is 0. The molecule has 2 aliphatic rings.